The number of hydrogen-bond donors (Lipinski definition) is 2. The molecule has 1 saturated heterocycles. The number of aliphatic hydroxyl groups excluding tert-OH is 1. The molecule has 6 nitrogen and oxygen atoms in total. The third kappa shape index (κ3) is 4.73. The van der Waals surface area contributed by atoms with Crippen molar-refractivity contribution in [2.24, 2.45) is 21.7 Å². The van der Waals surface area contributed by atoms with Crippen LogP contribution in [0, 0.1) is 23.7 Å². The van der Waals surface area contributed by atoms with Crippen molar-refractivity contribution in [3.63, 3.8) is 0 Å². The maximum Gasteiger partial charge on any atom is 0.251 e. The molecule has 0 unspecified atom stereocenters. The van der Waals surface area contributed by atoms with Crippen molar-refractivity contribution in [1.29, 1.82) is 0 Å². The Bertz CT molecular complexity index is 867. The number of nitrogens with one attached hydrogen (secondary N) is 1. The summed E-state index contributed by atoms with van der Waals surface area (Å²) in [4.78, 5) is 31.3. The van der Waals surface area contributed by atoms with E-state index in [4.69, 9.17) is 12.2 Å². The van der Waals surface area contributed by atoms with E-state index in [-0.39, 0.29) is 22.0 Å². The number of amides is 2. The largest absolute Gasteiger partial charge is 0.393 e. The van der Waals surface area contributed by atoms with Gasteiger partial charge in [0.1, 0.15) is 0 Å². The zero-order chi connectivity index (χ0) is 21.4. The molecule has 0 bridgehead atoms. The highest BCUT2D eigenvalue weighted by Crippen LogP contribution is 2.46. The average Bonchev–Trinajstić information content (AvgIpc) is 2.57. The number of hydrogen-bond acceptors (Lipinski definition) is 5. The predicted octanol–water partition coefficient (Wildman–Crippen LogP) is 3.01. The minimum absolute atomic E-state index is 0.0355. The van der Waals surface area contributed by atoms with E-state index in [1.807, 2.05) is 25.1 Å². The lowest BCUT2D eigenvalue weighted by molar-refractivity contribution is -0.130. The maximum absolute atomic E-state index is 13.1. The van der Waals surface area contributed by atoms with E-state index in [0.717, 1.165) is 18.4 Å². The highest BCUT2D eigenvalue weighted by atomic mass is 32.1. The van der Waals surface area contributed by atoms with Crippen LogP contribution in [0.5, 0.6) is 0 Å². The highest BCUT2D eigenvalue weighted by Gasteiger charge is 2.41. The minimum Gasteiger partial charge on any atom is -0.393 e. The summed E-state index contributed by atoms with van der Waals surface area (Å²) in [6.07, 6.45) is 3.45. The van der Waals surface area contributed by atoms with Gasteiger partial charge >= 0.3 is 0 Å². The van der Waals surface area contributed by atoms with E-state index in [1.54, 1.807) is 6.07 Å². The quantitative estimate of drug-likeness (QED) is 0.450. The first-order valence-corrected chi connectivity index (χ1v) is 10.3. The highest BCUT2D eigenvalue weighted by molar-refractivity contribution is 7.80. The van der Waals surface area contributed by atoms with Gasteiger partial charge in [0.15, 0.2) is 11.0 Å². The van der Waals surface area contributed by atoms with E-state index in [0.29, 0.717) is 18.7 Å². The van der Waals surface area contributed by atoms with Crippen molar-refractivity contribution in [2.75, 3.05) is 11.4 Å². The molecule has 0 radical (unpaired) electrons. The number of rotatable bonds is 4. The monoisotopic (exact) mass is 415 g/mol. The Hall–Kier alpha value is -2.12. The van der Waals surface area contributed by atoms with E-state index < -0.39 is 17.7 Å². The Balaban J connectivity index is 1.77. The van der Waals surface area contributed by atoms with E-state index in [1.165, 1.54) is 11.1 Å². The second kappa shape index (κ2) is 7.95. The smallest absolute Gasteiger partial charge is 0.251 e. The van der Waals surface area contributed by atoms with Gasteiger partial charge in [-0.15, -0.1) is 0 Å². The van der Waals surface area contributed by atoms with Gasteiger partial charge in [0, 0.05) is 12.8 Å². The maximum atomic E-state index is 13.1. The lowest BCUT2D eigenvalue weighted by Crippen LogP contribution is -2.58. The van der Waals surface area contributed by atoms with Gasteiger partial charge in [-0.1, -0.05) is 39.0 Å². The van der Waals surface area contributed by atoms with Crippen LogP contribution in [0.1, 0.15) is 45.6 Å². The Morgan fingerprint density at radius 1 is 1.28 bits per heavy atom. The van der Waals surface area contributed by atoms with Gasteiger partial charge in [0.05, 0.1) is 11.8 Å². The summed E-state index contributed by atoms with van der Waals surface area (Å²) < 4.78 is 0. The second-order valence-electron chi connectivity index (χ2n) is 9.44. The first kappa shape index (κ1) is 21.6. The molecule has 1 aromatic carbocycles. The van der Waals surface area contributed by atoms with Crippen LogP contribution in [0.2, 0.25) is 0 Å². The summed E-state index contributed by atoms with van der Waals surface area (Å²) >= 11 is 5.25. The zero-order valence-corrected chi connectivity index (χ0v) is 18.3. The summed E-state index contributed by atoms with van der Waals surface area (Å²) in [6.45, 7) is 8.75. The molecule has 156 valence electrons. The van der Waals surface area contributed by atoms with Gasteiger partial charge in [0.25, 0.3) is 5.91 Å². The average molecular weight is 416 g/mol. The molecule has 2 aliphatic rings. The van der Waals surface area contributed by atoms with Gasteiger partial charge in [-0.2, -0.15) is 0 Å². The third-order valence-electron chi connectivity index (χ3n) is 5.71. The summed E-state index contributed by atoms with van der Waals surface area (Å²) in [6, 6.07) is 7.41. The molecule has 2 amide bonds. The lowest BCUT2D eigenvalue weighted by atomic mass is 9.63. The molecule has 1 heterocycles. The molecule has 1 aromatic rings. The molecule has 1 aliphatic heterocycles. The van der Waals surface area contributed by atoms with E-state index in [2.05, 4.69) is 31.1 Å². The molecule has 0 spiro atoms. The Morgan fingerprint density at radius 2 is 1.97 bits per heavy atom. The van der Waals surface area contributed by atoms with Crippen LogP contribution in [-0.2, 0) is 9.59 Å². The molecule has 1 aliphatic carbocycles. The van der Waals surface area contributed by atoms with Gasteiger partial charge in [0.2, 0.25) is 5.91 Å². The van der Waals surface area contributed by atoms with Gasteiger partial charge < -0.3 is 10.4 Å². The third-order valence-corrected chi connectivity index (χ3v) is 5.99. The number of carbonyl (C=O) groups is 2. The van der Waals surface area contributed by atoms with Crippen LogP contribution in [-0.4, -0.2) is 40.9 Å². The topological polar surface area (TPSA) is 82.0 Å². The normalized spacial score (nSPS) is 30.0. The van der Waals surface area contributed by atoms with Crippen molar-refractivity contribution >= 4 is 41.0 Å². The number of aliphatic hydroxyl groups is 1. The second-order valence-corrected chi connectivity index (χ2v) is 9.82. The molecule has 3 rings (SSSR count). The molecule has 2 fully saturated rings. The van der Waals surface area contributed by atoms with E-state index >= 15 is 0 Å². The van der Waals surface area contributed by atoms with Crippen LogP contribution in [0.25, 0.3) is 0 Å². The molecule has 2 N–H and O–H groups in total. The number of thiocarbonyl (C=S) groups is 1. The predicted molar refractivity (Wildman–Crippen MR) is 118 cm³/mol. The molecular formula is C22H29N3O3S. The van der Waals surface area contributed by atoms with Crippen LogP contribution in [0.4, 0.5) is 5.69 Å². The van der Waals surface area contributed by atoms with Crippen LogP contribution in [0.3, 0.4) is 0 Å². The zero-order valence-electron chi connectivity index (χ0n) is 17.4. The van der Waals surface area contributed by atoms with Crippen molar-refractivity contribution in [1.82, 2.24) is 5.32 Å². The molecule has 29 heavy (non-hydrogen) atoms. The van der Waals surface area contributed by atoms with Crippen LogP contribution in [0.15, 0.2) is 29.3 Å². The van der Waals surface area contributed by atoms with Crippen molar-refractivity contribution < 1.29 is 14.7 Å². The van der Waals surface area contributed by atoms with Crippen molar-refractivity contribution in [2.45, 2.75) is 53.1 Å². The van der Waals surface area contributed by atoms with Crippen LogP contribution >= 0.6 is 12.2 Å². The summed E-state index contributed by atoms with van der Waals surface area (Å²) in [5.74, 6) is -1.87. The molecule has 1 saturated carbocycles. The van der Waals surface area contributed by atoms with Crippen molar-refractivity contribution in [3.05, 3.63) is 29.8 Å². The number of carbonyl (C=O) groups excluding carboxylic acids is 2. The number of aryl methyl sites for hydroxylation is 1. The summed E-state index contributed by atoms with van der Waals surface area (Å²) in [7, 11) is 0. The molecule has 0 aromatic heterocycles. The van der Waals surface area contributed by atoms with Crippen molar-refractivity contribution in [3.8, 4) is 0 Å². The number of aliphatic imine (C=N–C) groups is 1. The van der Waals surface area contributed by atoms with Gasteiger partial charge in [-0.25, -0.2) is 0 Å². The summed E-state index contributed by atoms with van der Waals surface area (Å²) in [5.41, 5.74) is 1.41. The van der Waals surface area contributed by atoms with Gasteiger partial charge in [-0.05, 0) is 60.9 Å². The number of benzene rings is 1. The molecular weight excluding hydrogens is 386 g/mol. The van der Waals surface area contributed by atoms with E-state index in [9.17, 15) is 14.7 Å². The Kier molecular flexibility index (Phi) is 5.92. The van der Waals surface area contributed by atoms with Crippen LogP contribution < -0.4 is 10.2 Å². The molecule has 7 heteroatoms. The number of para-hydroxylation sites is 1. The first-order valence-electron chi connectivity index (χ1n) is 9.94. The Labute approximate surface area is 177 Å². The number of nitrogens with zero attached hydrogens (tertiary/aromatic N) is 2. The fourth-order valence-electron chi connectivity index (χ4n) is 4.84. The fourth-order valence-corrected chi connectivity index (χ4v) is 5.13. The minimum atomic E-state index is -1.02. The SMILES string of the molecule is Cc1ccccc1N1C(=O)[C@H](C=NC[C@]2(C)C[C@H](O)CC(C)(C)C2)C(=O)NC1=S. The Morgan fingerprint density at radius 3 is 2.62 bits per heavy atom. The number of anilines is 1. The standard InChI is InChI=1S/C22H29N3O3S/c1-14-7-5-6-8-17(14)25-19(28)16(18(27)24-20(25)29)11-23-13-22(4)10-15(26)9-21(2,3)12-22/h5-8,11,15-16,26H,9-10,12-13H2,1-4H3,(H,24,27,29)/t15-,16-,22-/m1/s1. The van der Waals surface area contributed by atoms with Gasteiger partial charge in [-0.3, -0.25) is 19.5 Å². The summed E-state index contributed by atoms with van der Waals surface area (Å²) in [5, 5.41) is 12.9. The first-order chi connectivity index (χ1) is 13.5. The molecule has 3 atom stereocenters. The lowest BCUT2D eigenvalue weighted by Gasteiger charge is -2.44. The fraction of sp³-hybridized carbons (Fsp3) is 0.545.